The van der Waals surface area contributed by atoms with Crippen LogP contribution in [0.15, 0.2) is 42.0 Å². The lowest BCUT2D eigenvalue weighted by atomic mass is 9.92. The van der Waals surface area contributed by atoms with E-state index >= 15 is 0 Å². The molecule has 0 spiro atoms. The van der Waals surface area contributed by atoms with E-state index in [1.54, 1.807) is 11.3 Å². The third-order valence-electron chi connectivity index (χ3n) is 6.05. The Morgan fingerprint density at radius 1 is 1.19 bits per heavy atom. The second-order valence-electron chi connectivity index (χ2n) is 8.23. The van der Waals surface area contributed by atoms with Crippen LogP contribution in [0, 0.1) is 5.41 Å². The summed E-state index contributed by atoms with van der Waals surface area (Å²) >= 11 is 1.73. The van der Waals surface area contributed by atoms with Gasteiger partial charge in [-0.1, -0.05) is 26.0 Å². The summed E-state index contributed by atoms with van der Waals surface area (Å²) in [6, 6.07) is 8.33. The lowest BCUT2D eigenvalue weighted by Gasteiger charge is -2.28. The number of aromatic nitrogens is 1. The molecule has 0 aromatic carbocycles. The molecule has 1 aliphatic heterocycles. The summed E-state index contributed by atoms with van der Waals surface area (Å²) in [5.74, 6) is 0.341. The number of carbonyl (C=O) groups is 1. The zero-order valence-corrected chi connectivity index (χ0v) is 16.5. The van der Waals surface area contributed by atoms with Gasteiger partial charge in [-0.05, 0) is 41.3 Å². The number of amides is 1. The highest BCUT2D eigenvalue weighted by Crippen LogP contribution is 2.66. The first-order chi connectivity index (χ1) is 12.5. The molecular formula is C21H27N3OS. The fourth-order valence-corrected chi connectivity index (χ4v) is 5.48. The van der Waals surface area contributed by atoms with E-state index < -0.39 is 0 Å². The number of pyridine rings is 1. The molecule has 2 aliphatic rings. The molecule has 2 fully saturated rings. The predicted octanol–water partition coefficient (Wildman–Crippen LogP) is 3.55. The molecule has 1 amide bonds. The van der Waals surface area contributed by atoms with Crippen LogP contribution in [-0.2, 0) is 16.8 Å². The summed E-state index contributed by atoms with van der Waals surface area (Å²) in [6.45, 7) is 9.04. The Bertz CT molecular complexity index is 759. The summed E-state index contributed by atoms with van der Waals surface area (Å²) in [5.41, 5.74) is 1.02. The standard InChI is InChI=1S/C21H27N3OS/c1-20(2)16-21(20,18-7-4-13-26-18)19(25)24-10-5-9-23(11-12-24)15-17-6-3-8-22-14-17/h3-4,6-8,13-14H,5,9-12,15-16H2,1-2H3. The van der Waals surface area contributed by atoms with Crippen LogP contribution < -0.4 is 0 Å². The fourth-order valence-electron chi connectivity index (χ4n) is 4.38. The molecule has 4 rings (SSSR count). The van der Waals surface area contributed by atoms with Gasteiger partial charge in [-0.3, -0.25) is 14.7 Å². The van der Waals surface area contributed by atoms with Gasteiger partial charge in [0.2, 0.25) is 5.91 Å². The lowest BCUT2D eigenvalue weighted by molar-refractivity contribution is -0.134. The van der Waals surface area contributed by atoms with Crippen molar-refractivity contribution in [2.45, 2.75) is 38.6 Å². The third kappa shape index (κ3) is 3.08. The average molecular weight is 370 g/mol. The quantitative estimate of drug-likeness (QED) is 0.827. The highest BCUT2D eigenvalue weighted by molar-refractivity contribution is 7.10. The van der Waals surface area contributed by atoms with Crippen LogP contribution in [0.2, 0.25) is 0 Å². The Morgan fingerprint density at radius 3 is 2.69 bits per heavy atom. The first-order valence-electron chi connectivity index (χ1n) is 9.48. The van der Waals surface area contributed by atoms with Crippen LogP contribution in [0.4, 0.5) is 0 Å². The predicted molar refractivity (Wildman–Crippen MR) is 105 cm³/mol. The molecule has 0 bridgehead atoms. The van der Waals surface area contributed by atoms with Crippen LogP contribution in [0.3, 0.4) is 0 Å². The highest BCUT2D eigenvalue weighted by atomic mass is 32.1. The zero-order chi connectivity index (χ0) is 18.2. The van der Waals surface area contributed by atoms with Gasteiger partial charge in [-0.2, -0.15) is 0 Å². The molecule has 1 aliphatic carbocycles. The number of nitrogens with zero attached hydrogens (tertiary/aromatic N) is 3. The van der Waals surface area contributed by atoms with E-state index in [2.05, 4.69) is 52.2 Å². The number of carbonyl (C=O) groups excluding carboxylic acids is 1. The molecule has 1 atom stereocenters. The molecule has 138 valence electrons. The van der Waals surface area contributed by atoms with E-state index in [0.29, 0.717) is 5.91 Å². The molecule has 4 nitrogen and oxygen atoms in total. The van der Waals surface area contributed by atoms with Gasteiger partial charge >= 0.3 is 0 Å². The minimum atomic E-state index is -0.292. The second-order valence-corrected chi connectivity index (χ2v) is 9.17. The Labute approximate surface area is 159 Å². The summed E-state index contributed by atoms with van der Waals surface area (Å²) in [5, 5.41) is 2.09. The molecule has 26 heavy (non-hydrogen) atoms. The largest absolute Gasteiger partial charge is 0.341 e. The molecule has 2 aromatic rings. The maximum atomic E-state index is 13.5. The summed E-state index contributed by atoms with van der Waals surface area (Å²) in [4.78, 5) is 23.5. The van der Waals surface area contributed by atoms with Gasteiger partial charge in [-0.25, -0.2) is 0 Å². The Balaban J connectivity index is 1.45. The topological polar surface area (TPSA) is 36.4 Å². The van der Waals surface area contributed by atoms with Crippen LogP contribution >= 0.6 is 11.3 Å². The van der Waals surface area contributed by atoms with Crippen molar-refractivity contribution in [3.8, 4) is 0 Å². The molecular weight excluding hydrogens is 342 g/mol. The van der Waals surface area contributed by atoms with E-state index in [1.807, 2.05) is 18.5 Å². The summed E-state index contributed by atoms with van der Waals surface area (Å²) in [7, 11) is 0. The van der Waals surface area contributed by atoms with Crippen LogP contribution in [0.25, 0.3) is 0 Å². The highest BCUT2D eigenvalue weighted by Gasteiger charge is 2.68. The molecule has 1 saturated carbocycles. The van der Waals surface area contributed by atoms with Crippen molar-refractivity contribution in [2.24, 2.45) is 5.41 Å². The molecule has 2 aromatic heterocycles. The SMILES string of the molecule is CC1(C)CC1(C(=O)N1CCCN(Cc2cccnc2)CC1)c1cccs1. The van der Waals surface area contributed by atoms with Gasteiger partial charge in [-0.15, -0.1) is 11.3 Å². The van der Waals surface area contributed by atoms with Crippen LogP contribution in [-0.4, -0.2) is 46.9 Å². The summed E-state index contributed by atoms with van der Waals surface area (Å²) in [6.07, 6.45) is 5.75. The van der Waals surface area contributed by atoms with E-state index in [4.69, 9.17) is 0 Å². The monoisotopic (exact) mass is 369 g/mol. The first kappa shape index (κ1) is 17.7. The van der Waals surface area contributed by atoms with E-state index in [9.17, 15) is 4.79 Å². The Hall–Kier alpha value is -1.72. The van der Waals surface area contributed by atoms with Gasteiger partial charge in [0.05, 0.1) is 5.41 Å². The van der Waals surface area contributed by atoms with Crippen molar-refractivity contribution in [2.75, 3.05) is 26.2 Å². The zero-order valence-electron chi connectivity index (χ0n) is 15.6. The van der Waals surface area contributed by atoms with Crippen molar-refractivity contribution in [3.63, 3.8) is 0 Å². The van der Waals surface area contributed by atoms with Crippen molar-refractivity contribution >= 4 is 17.2 Å². The molecule has 0 radical (unpaired) electrons. The Kier molecular flexibility index (Phi) is 4.61. The molecule has 1 unspecified atom stereocenters. The molecule has 5 heteroatoms. The van der Waals surface area contributed by atoms with Gasteiger partial charge in [0.25, 0.3) is 0 Å². The van der Waals surface area contributed by atoms with Gasteiger partial charge in [0.15, 0.2) is 0 Å². The molecule has 3 heterocycles. The fraction of sp³-hybridized carbons (Fsp3) is 0.524. The van der Waals surface area contributed by atoms with Crippen LogP contribution in [0.1, 0.15) is 37.1 Å². The minimum absolute atomic E-state index is 0.0661. The first-order valence-corrected chi connectivity index (χ1v) is 10.4. The van der Waals surface area contributed by atoms with Crippen LogP contribution in [0.5, 0.6) is 0 Å². The lowest BCUT2D eigenvalue weighted by Crippen LogP contribution is -2.43. The maximum Gasteiger partial charge on any atom is 0.234 e. The third-order valence-corrected chi connectivity index (χ3v) is 7.08. The summed E-state index contributed by atoms with van der Waals surface area (Å²) < 4.78 is 0. The molecule has 0 N–H and O–H groups in total. The van der Waals surface area contributed by atoms with Crippen molar-refractivity contribution in [1.82, 2.24) is 14.8 Å². The number of thiophene rings is 1. The number of rotatable bonds is 4. The van der Waals surface area contributed by atoms with Crippen molar-refractivity contribution in [1.29, 1.82) is 0 Å². The van der Waals surface area contributed by atoms with E-state index in [-0.39, 0.29) is 10.8 Å². The number of hydrogen-bond donors (Lipinski definition) is 0. The minimum Gasteiger partial charge on any atom is -0.341 e. The Morgan fingerprint density at radius 2 is 2.04 bits per heavy atom. The second kappa shape index (κ2) is 6.78. The van der Waals surface area contributed by atoms with E-state index in [1.165, 1.54) is 10.4 Å². The van der Waals surface area contributed by atoms with Gasteiger partial charge < -0.3 is 4.90 Å². The number of hydrogen-bond acceptors (Lipinski definition) is 4. The van der Waals surface area contributed by atoms with Gasteiger partial charge in [0, 0.05) is 50.0 Å². The molecule has 1 saturated heterocycles. The average Bonchev–Trinajstić information content (AvgIpc) is 2.98. The normalized spacial score (nSPS) is 25.7. The van der Waals surface area contributed by atoms with Crippen molar-refractivity contribution < 1.29 is 4.79 Å². The maximum absolute atomic E-state index is 13.5. The van der Waals surface area contributed by atoms with E-state index in [0.717, 1.165) is 45.6 Å². The smallest absolute Gasteiger partial charge is 0.234 e. The van der Waals surface area contributed by atoms with Gasteiger partial charge in [0.1, 0.15) is 0 Å². The van der Waals surface area contributed by atoms with Crippen molar-refractivity contribution in [3.05, 3.63) is 52.5 Å².